The molecule has 1 aromatic carbocycles. The molecule has 0 aliphatic rings. The summed E-state index contributed by atoms with van der Waals surface area (Å²) >= 11 is 0. The summed E-state index contributed by atoms with van der Waals surface area (Å²) in [6.07, 6.45) is 1.32. The molecule has 20 heavy (non-hydrogen) atoms. The highest BCUT2D eigenvalue weighted by Crippen LogP contribution is 2.38. The Balaban J connectivity index is 2.98. The van der Waals surface area contributed by atoms with E-state index in [9.17, 15) is 0 Å². The molecular weight excluding hydrogens is 262 g/mol. The lowest BCUT2D eigenvalue weighted by atomic mass is 10.2. The van der Waals surface area contributed by atoms with E-state index < -0.39 is 0 Å². The minimum atomic E-state index is -0.364. The lowest BCUT2D eigenvalue weighted by Gasteiger charge is -2.14. The molecule has 0 N–H and O–H groups in total. The van der Waals surface area contributed by atoms with Gasteiger partial charge in [0.25, 0.3) is 0 Å². The zero-order chi connectivity index (χ0) is 15.0. The number of aliphatic imine (C=N–C) groups is 1. The maximum absolute atomic E-state index is 5.36. The Morgan fingerprint density at radius 3 is 2.10 bits per heavy atom. The van der Waals surface area contributed by atoms with Gasteiger partial charge < -0.3 is 23.7 Å². The van der Waals surface area contributed by atoms with Crippen molar-refractivity contribution in [1.29, 1.82) is 0 Å². The zero-order valence-electron chi connectivity index (χ0n) is 12.5. The van der Waals surface area contributed by atoms with Crippen LogP contribution in [0, 0.1) is 0 Å². The second-order valence-corrected chi connectivity index (χ2v) is 3.82. The van der Waals surface area contributed by atoms with Crippen LogP contribution in [0.1, 0.15) is 5.56 Å². The average molecular weight is 283 g/mol. The van der Waals surface area contributed by atoms with Crippen molar-refractivity contribution in [1.82, 2.24) is 0 Å². The van der Waals surface area contributed by atoms with Gasteiger partial charge in [0.15, 0.2) is 17.8 Å². The van der Waals surface area contributed by atoms with Gasteiger partial charge in [0.1, 0.15) is 0 Å². The molecule has 0 radical (unpaired) electrons. The molecule has 0 saturated heterocycles. The van der Waals surface area contributed by atoms with Gasteiger partial charge >= 0.3 is 0 Å². The first-order valence-electron chi connectivity index (χ1n) is 6.06. The first kappa shape index (κ1) is 16.3. The summed E-state index contributed by atoms with van der Waals surface area (Å²) in [5, 5.41) is 0. The second-order valence-electron chi connectivity index (χ2n) is 3.82. The van der Waals surface area contributed by atoms with Crippen molar-refractivity contribution in [3.63, 3.8) is 0 Å². The Morgan fingerprint density at radius 2 is 1.60 bits per heavy atom. The van der Waals surface area contributed by atoms with Gasteiger partial charge in [0, 0.05) is 26.0 Å². The average Bonchev–Trinajstić information content (AvgIpc) is 2.50. The zero-order valence-corrected chi connectivity index (χ0v) is 12.5. The SMILES string of the molecule is COc1ccc(/C=N/CC(OC)OC)c(OC)c1OC. The predicted molar refractivity (Wildman–Crippen MR) is 76.4 cm³/mol. The molecule has 6 heteroatoms. The lowest BCUT2D eigenvalue weighted by Crippen LogP contribution is -2.16. The van der Waals surface area contributed by atoms with Crippen molar-refractivity contribution in [3.05, 3.63) is 17.7 Å². The molecule has 0 aliphatic carbocycles. The van der Waals surface area contributed by atoms with Gasteiger partial charge in [-0.3, -0.25) is 4.99 Å². The first-order valence-corrected chi connectivity index (χ1v) is 6.06. The second kappa shape index (κ2) is 8.39. The third-order valence-electron chi connectivity index (χ3n) is 2.75. The largest absolute Gasteiger partial charge is 0.493 e. The fraction of sp³-hybridized carbons (Fsp3) is 0.500. The highest BCUT2D eigenvalue weighted by Gasteiger charge is 2.14. The molecule has 0 aromatic heterocycles. The van der Waals surface area contributed by atoms with Crippen LogP contribution in [0.4, 0.5) is 0 Å². The molecular formula is C14H21NO5. The van der Waals surface area contributed by atoms with Gasteiger partial charge in [-0.15, -0.1) is 0 Å². The van der Waals surface area contributed by atoms with Crippen LogP contribution in [0.5, 0.6) is 17.2 Å². The van der Waals surface area contributed by atoms with Crippen molar-refractivity contribution in [2.45, 2.75) is 6.29 Å². The van der Waals surface area contributed by atoms with Gasteiger partial charge in [0.05, 0.1) is 27.9 Å². The molecule has 0 bridgehead atoms. The third kappa shape index (κ3) is 3.85. The van der Waals surface area contributed by atoms with E-state index in [4.69, 9.17) is 23.7 Å². The van der Waals surface area contributed by atoms with Crippen LogP contribution in [-0.4, -0.2) is 54.6 Å². The number of hydrogen-bond donors (Lipinski definition) is 0. The summed E-state index contributed by atoms with van der Waals surface area (Å²) in [6, 6.07) is 3.64. The van der Waals surface area contributed by atoms with Crippen LogP contribution in [0.2, 0.25) is 0 Å². The summed E-state index contributed by atoms with van der Waals surface area (Å²) in [6.45, 7) is 0.393. The van der Waals surface area contributed by atoms with Crippen LogP contribution in [0.15, 0.2) is 17.1 Å². The summed E-state index contributed by atoms with van der Waals surface area (Å²) in [5.41, 5.74) is 0.788. The monoisotopic (exact) mass is 283 g/mol. The Bertz CT molecular complexity index is 443. The molecule has 0 heterocycles. The van der Waals surface area contributed by atoms with E-state index in [1.165, 1.54) is 0 Å². The normalized spacial score (nSPS) is 11.1. The van der Waals surface area contributed by atoms with E-state index in [1.54, 1.807) is 47.8 Å². The molecule has 112 valence electrons. The first-order chi connectivity index (χ1) is 9.71. The maximum Gasteiger partial charge on any atom is 0.203 e. The third-order valence-corrected chi connectivity index (χ3v) is 2.75. The quantitative estimate of drug-likeness (QED) is 0.537. The van der Waals surface area contributed by atoms with Gasteiger partial charge in [-0.05, 0) is 12.1 Å². The molecule has 0 atom stereocenters. The van der Waals surface area contributed by atoms with Gasteiger partial charge in [-0.1, -0.05) is 0 Å². The predicted octanol–water partition coefficient (Wildman–Crippen LogP) is 1.75. The number of ether oxygens (including phenoxy) is 5. The fourth-order valence-electron chi connectivity index (χ4n) is 1.71. The molecule has 6 nitrogen and oxygen atoms in total. The van der Waals surface area contributed by atoms with Crippen molar-refractivity contribution in [3.8, 4) is 17.2 Å². The molecule has 0 fully saturated rings. The van der Waals surface area contributed by atoms with Crippen LogP contribution >= 0.6 is 0 Å². The lowest BCUT2D eigenvalue weighted by molar-refractivity contribution is -0.0936. The van der Waals surface area contributed by atoms with Crippen LogP contribution < -0.4 is 14.2 Å². The van der Waals surface area contributed by atoms with E-state index >= 15 is 0 Å². The van der Waals surface area contributed by atoms with E-state index in [1.807, 2.05) is 6.07 Å². The molecule has 0 unspecified atom stereocenters. The summed E-state index contributed by atoms with van der Waals surface area (Å²) in [5.74, 6) is 1.71. The smallest absolute Gasteiger partial charge is 0.203 e. The van der Waals surface area contributed by atoms with Crippen LogP contribution in [-0.2, 0) is 9.47 Å². The van der Waals surface area contributed by atoms with E-state index in [0.29, 0.717) is 23.8 Å². The van der Waals surface area contributed by atoms with E-state index in [0.717, 1.165) is 5.56 Å². The molecule has 1 rings (SSSR count). The van der Waals surface area contributed by atoms with Gasteiger partial charge in [0.2, 0.25) is 5.75 Å². The Morgan fingerprint density at radius 1 is 0.950 bits per heavy atom. The van der Waals surface area contributed by atoms with Crippen molar-refractivity contribution >= 4 is 6.21 Å². The van der Waals surface area contributed by atoms with E-state index in [2.05, 4.69) is 4.99 Å². The molecule has 0 amide bonds. The fourth-order valence-corrected chi connectivity index (χ4v) is 1.71. The minimum absolute atomic E-state index is 0.364. The molecule has 0 aliphatic heterocycles. The number of rotatable bonds is 8. The molecule has 0 saturated carbocycles. The number of benzene rings is 1. The summed E-state index contributed by atoms with van der Waals surface area (Å²) < 4.78 is 26.0. The van der Waals surface area contributed by atoms with Crippen molar-refractivity contribution in [2.75, 3.05) is 42.1 Å². The van der Waals surface area contributed by atoms with Gasteiger partial charge in [-0.25, -0.2) is 0 Å². The molecule has 1 aromatic rings. The number of nitrogens with zero attached hydrogens (tertiary/aromatic N) is 1. The standard InChI is InChI=1S/C14H21NO5/c1-16-11-7-6-10(13(19-4)14(11)20-5)8-15-9-12(17-2)18-3/h6-8,12H,9H2,1-5H3/b15-8+. The highest BCUT2D eigenvalue weighted by molar-refractivity contribution is 5.86. The Labute approximate surface area is 119 Å². The summed E-state index contributed by atoms with van der Waals surface area (Å²) in [7, 11) is 7.85. The van der Waals surface area contributed by atoms with Gasteiger partial charge in [-0.2, -0.15) is 0 Å². The highest BCUT2D eigenvalue weighted by atomic mass is 16.7. The van der Waals surface area contributed by atoms with Crippen molar-refractivity contribution in [2.24, 2.45) is 4.99 Å². The number of methoxy groups -OCH3 is 5. The Kier molecular flexibility index (Phi) is 6.83. The van der Waals surface area contributed by atoms with Crippen molar-refractivity contribution < 1.29 is 23.7 Å². The molecule has 0 spiro atoms. The van der Waals surface area contributed by atoms with E-state index in [-0.39, 0.29) is 6.29 Å². The Hall–Kier alpha value is -1.79. The van der Waals surface area contributed by atoms with Crippen LogP contribution in [0.3, 0.4) is 0 Å². The number of hydrogen-bond acceptors (Lipinski definition) is 6. The minimum Gasteiger partial charge on any atom is -0.493 e. The maximum atomic E-state index is 5.36. The summed E-state index contributed by atoms with van der Waals surface area (Å²) in [4.78, 5) is 4.27. The topological polar surface area (TPSA) is 58.5 Å². The van der Waals surface area contributed by atoms with Crippen LogP contribution in [0.25, 0.3) is 0 Å².